The van der Waals surface area contributed by atoms with Gasteiger partial charge in [-0.05, 0) is 30.3 Å². The maximum atomic E-state index is 12.3. The molecular weight excluding hydrogens is 296 g/mol. The van der Waals surface area contributed by atoms with E-state index in [-0.39, 0.29) is 27.2 Å². The van der Waals surface area contributed by atoms with Crippen molar-refractivity contribution in [2.75, 3.05) is 0 Å². The number of hydrogen-bond acceptors (Lipinski definition) is 2. The van der Waals surface area contributed by atoms with Gasteiger partial charge in [0.1, 0.15) is 5.38 Å². The number of alkyl halides is 4. The molecular formula is C10H7Cl2F3OS. The predicted molar refractivity (Wildman–Crippen MR) is 62.6 cm³/mol. The van der Waals surface area contributed by atoms with Gasteiger partial charge in [-0.15, -0.1) is 11.6 Å². The minimum absolute atomic E-state index is 0.0725. The van der Waals surface area contributed by atoms with Crippen molar-refractivity contribution >= 4 is 40.7 Å². The molecule has 0 N–H and O–H groups in total. The first-order valence-corrected chi connectivity index (χ1v) is 6.04. The molecule has 0 aliphatic rings. The van der Waals surface area contributed by atoms with E-state index in [1.807, 2.05) is 0 Å². The number of benzene rings is 1. The van der Waals surface area contributed by atoms with Gasteiger partial charge in [-0.1, -0.05) is 23.7 Å². The second-order valence-corrected chi connectivity index (χ2v) is 5.10. The van der Waals surface area contributed by atoms with Crippen LogP contribution in [0.15, 0.2) is 23.1 Å². The van der Waals surface area contributed by atoms with Crippen molar-refractivity contribution in [3.05, 3.63) is 28.8 Å². The van der Waals surface area contributed by atoms with Gasteiger partial charge >= 0.3 is 5.51 Å². The molecule has 1 nitrogen and oxygen atoms in total. The lowest BCUT2D eigenvalue weighted by Gasteiger charge is -2.14. The molecule has 7 heteroatoms. The van der Waals surface area contributed by atoms with Crippen LogP contribution in [-0.4, -0.2) is 11.3 Å². The zero-order chi connectivity index (χ0) is 13.2. The molecule has 0 aromatic heterocycles. The van der Waals surface area contributed by atoms with Crippen LogP contribution in [0, 0.1) is 0 Å². The molecule has 0 saturated carbocycles. The Hall–Kier alpha value is -0.390. The monoisotopic (exact) mass is 302 g/mol. The lowest BCUT2D eigenvalue weighted by atomic mass is 10.1. The van der Waals surface area contributed by atoms with Crippen molar-refractivity contribution in [3.8, 4) is 0 Å². The van der Waals surface area contributed by atoms with E-state index in [0.717, 1.165) is 0 Å². The summed E-state index contributed by atoms with van der Waals surface area (Å²) in [4.78, 5) is 10.9. The van der Waals surface area contributed by atoms with Crippen molar-refractivity contribution in [1.29, 1.82) is 0 Å². The molecule has 0 spiro atoms. The maximum Gasteiger partial charge on any atom is 0.446 e. The third-order valence-corrected chi connectivity index (χ3v) is 3.71. The van der Waals surface area contributed by atoms with Crippen LogP contribution in [0.1, 0.15) is 17.9 Å². The maximum absolute atomic E-state index is 12.3. The standard InChI is InChI=1S/C10H7Cl2F3OS/c1-5(16)8(12)6-3-2-4-7(11)9(6)17-10(13,14)15/h2-4,8H,1H3. The Morgan fingerprint density at radius 3 is 2.47 bits per heavy atom. The second kappa shape index (κ2) is 5.50. The van der Waals surface area contributed by atoms with E-state index in [1.165, 1.54) is 25.1 Å². The van der Waals surface area contributed by atoms with E-state index in [0.29, 0.717) is 0 Å². The smallest absolute Gasteiger partial charge is 0.298 e. The number of hydrogen-bond donors (Lipinski definition) is 0. The summed E-state index contributed by atoms with van der Waals surface area (Å²) < 4.78 is 37.0. The molecule has 1 aromatic carbocycles. The van der Waals surface area contributed by atoms with Crippen LogP contribution < -0.4 is 0 Å². The summed E-state index contributed by atoms with van der Waals surface area (Å²) in [6.45, 7) is 1.21. The highest BCUT2D eigenvalue weighted by Crippen LogP contribution is 2.44. The van der Waals surface area contributed by atoms with E-state index in [4.69, 9.17) is 23.2 Å². The third kappa shape index (κ3) is 4.08. The van der Waals surface area contributed by atoms with Gasteiger partial charge in [-0.2, -0.15) is 13.2 Å². The van der Waals surface area contributed by atoms with Gasteiger partial charge in [0.15, 0.2) is 5.78 Å². The molecule has 17 heavy (non-hydrogen) atoms. The second-order valence-electron chi connectivity index (χ2n) is 3.18. The highest BCUT2D eigenvalue weighted by Gasteiger charge is 2.33. The average Bonchev–Trinajstić information content (AvgIpc) is 2.18. The van der Waals surface area contributed by atoms with Crippen LogP contribution in [0.25, 0.3) is 0 Å². The fraction of sp³-hybridized carbons (Fsp3) is 0.300. The van der Waals surface area contributed by atoms with Gasteiger partial charge in [-0.3, -0.25) is 4.79 Å². The number of Topliss-reactive ketones (excluding diaryl/α,β-unsaturated/α-hetero) is 1. The summed E-state index contributed by atoms with van der Waals surface area (Å²) in [5.41, 5.74) is -4.40. The van der Waals surface area contributed by atoms with Gasteiger partial charge in [0, 0.05) is 4.90 Å². The normalized spacial score (nSPS) is 13.5. The van der Waals surface area contributed by atoms with Gasteiger partial charge < -0.3 is 0 Å². The minimum atomic E-state index is -4.48. The van der Waals surface area contributed by atoms with Gasteiger partial charge in [0.2, 0.25) is 0 Å². The zero-order valence-corrected chi connectivity index (χ0v) is 10.8. The summed E-state index contributed by atoms with van der Waals surface area (Å²) in [7, 11) is 0. The Bertz CT molecular complexity index is 434. The van der Waals surface area contributed by atoms with E-state index in [2.05, 4.69) is 0 Å². The van der Waals surface area contributed by atoms with Crippen LogP contribution in [0.5, 0.6) is 0 Å². The highest BCUT2D eigenvalue weighted by atomic mass is 35.5. The topological polar surface area (TPSA) is 17.1 Å². The summed E-state index contributed by atoms with van der Waals surface area (Å²) in [5, 5.41) is -1.20. The van der Waals surface area contributed by atoms with Gasteiger partial charge in [0.05, 0.1) is 5.02 Å². The lowest BCUT2D eigenvalue weighted by Crippen LogP contribution is -2.06. The summed E-state index contributed by atoms with van der Waals surface area (Å²) in [6.07, 6.45) is 0. The van der Waals surface area contributed by atoms with Gasteiger partial charge in [0.25, 0.3) is 0 Å². The van der Waals surface area contributed by atoms with Crippen LogP contribution in [-0.2, 0) is 4.79 Å². The van der Waals surface area contributed by atoms with E-state index < -0.39 is 16.7 Å². The SMILES string of the molecule is CC(=O)C(Cl)c1cccc(Cl)c1SC(F)(F)F. The zero-order valence-electron chi connectivity index (χ0n) is 8.52. The predicted octanol–water partition coefficient (Wildman–Crippen LogP) is 4.82. The molecule has 0 fully saturated rings. The fourth-order valence-electron chi connectivity index (χ4n) is 1.17. The molecule has 0 amide bonds. The van der Waals surface area contributed by atoms with Crippen LogP contribution in [0.4, 0.5) is 13.2 Å². The molecule has 1 atom stereocenters. The Morgan fingerprint density at radius 2 is 2.00 bits per heavy atom. The lowest BCUT2D eigenvalue weighted by molar-refractivity contribution is -0.116. The number of carbonyl (C=O) groups excluding carboxylic acids is 1. The molecule has 0 heterocycles. The quantitative estimate of drug-likeness (QED) is 0.588. The number of carbonyl (C=O) groups is 1. The van der Waals surface area contributed by atoms with Crippen molar-refractivity contribution in [1.82, 2.24) is 0 Å². The van der Waals surface area contributed by atoms with Crippen LogP contribution >= 0.6 is 35.0 Å². The van der Waals surface area contributed by atoms with E-state index >= 15 is 0 Å². The Kier molecular flexibility index (Phi) is 4.75. The van der Waals surface area contributed by atoms with Gasteiger partial charge in [-0.25, -0.2) is 0 Å². The molecule has 1 unspecified atom stereocenters. The van der Waals surface area contributed by atoms with Crippen LogP contribution in [0.2, 0.25) is 5.02 Å². The van der Waals surface area contributed by atoms with Crippen molar-refractivity contribution < 1.29 is 18.0 Å². The Morgan fingerprint density at radius 1 is 1.41 bits per heavy atom. The highest BCUT2D eigenvalue weighted by molar-refractivity contribution is 8.00. The van der Waals surface area contributed by atoms with Crippen molar-refractivity contribution in [2.24, 2.45) is 0 Å². The fourth-order valence-corrected chi connectivity index (χ4v) is 2.41. The number of ketones is 1. The van der Waals surface area contributed by atoms with Crippen molar-refractivity contribution in [2.45, 2.75) is 22.7 Å². The average molecular weight is 303 g/mol. The number of thioether (sulfide) groups is 1. The molecule has 1 rings (SSSR count). The first-order chi connectivity index (χ1) is 7.72. The largest absolute Gasteiger partial charge is 0.446 e. The minimum Gasteiger partial charge on any atom is -0.298 e. The Balaban J connectivity index is 3.22. The summed E-state index contributed by atoms with van der Waals surface area (Å²) in [6, 6.07) is 4.14. The first-order valence-electron chi connectivity index (χ1n) is 4.41. The molecule has 0 saturated heterocycles. The molecule has 0 bridgehead atoms. The molecule has 0 aliphatic carbocycles. The van der Waals surface area contributed by atoms with Crippen LogP contribution in [0.3, 0.4) is 0 Å². The molecule has 1 aromatic rings. The first kappa shape index (κ1) is 14.7. The van der Waals surface area contributed by atoms with E-state index in [1.54, 1.807) is 0 Å². The number of rotatable bonds is 3. The third-order valence-electron chi connectivity index (χ3n) is 1.85. The Labute approximate surface area is 110 Å². The summed E-state index contributed by atoms with van der Waals surface area (Å²) >= 11 is 11.1. The van der Waals surface area contributed by atoms with Crippen molar-refractivity contribution in [3.63, 3.8) is 0 Å². The molecule has 0 aliphatic heterocycles. The van der Waals surface area contributed by atoms with E-state index in [9.17, 15) is 18.0 Å². The molecule has 94 valence electrons. The number of halogens is 5. The summed E-state index contributed by atoms with van der Waals surface area (Å²) in [5.74, 6) is -0.432. The molecule has 0 radical (unpaired) electrons.